The number of amides is 1. The number of esters is 1. The molecular formula is C25H28F2N6O4. The van der Waals surface area contributed by atoms with Gasteiger partial charge in [-0.05, 0) is 56.4 Å². The smallest absolute Gasteiger partial charge is 0.320 e. The van der Waals surface area contributed by atoms with Gasteiger partial charge >= 0.3 is 23.8 Å². The van der Waals surface area contributed by atoms with E-state index in [0.717, 1.165) is 49.4 Å². The van der Waals surface area contributed by atoms with Crippen LogP contribution in [0.5, 0.6) is 0 Å². The first kappa shape index (κ1) is 26.0. The molecule has 3 aromatic rings. The molecule has 0 aliphatic carbocycles. The SMILES string of the molecule is CCOC(=O)C(C)C1CCN(c2ncc(NC(=O)c3nnc(Nc4ccc(F)c(F)c4)o3)cc2C)CC1. The van der Waals surface area contributed by atoms with E-state index in [9.17, 15) is 18.4 Å². The molecule has 0 radical (unpaired) electrons. The number of piperidine rings is 1. The number of pyridine rings is 1. The minimum absolute atomic E-state index is 0.133. The Morgan fingerprint density at radius 1 is 1.16 bits per heavy atom. The lowest BCUT2D eigenvalue weighted by Gasteiger charge is -2.35. The summed E-state index contributed by atoms with van der Waals surface area (Å²) in [5, 5.41) is 12.7. The number of nitrogens with one attached hydrogen (secondary N) is 2. The van der Waals surface area contributed by atoms with Crippen LogP contribution < -0.4 is 15.5 Å². The van der Waals surface area contributed by atoms with E-state index >= 15 is 0 Å². The highest BCUT2D eigenvalue weighted by Crippen LogP contribution is 2.30. The van der Waals surface area contributed by atoms with Crippen molar-refractivity contribution in [3.8, 4) is 0 Å². The summed E-state index contributed by atoms with van der Waals surface area (Å²) in [5.41, 5.74) is 1.51. The van der Waals surface area contributed by atoms with Gasteiger partial charge in [0.1, 0.15) is 5.82 Å². The zero-order valence-electron chi connectivity index (χ0n) is 20.8. The van der Waals surface area contributed by atoms with Gasteiger partial charge in [0.2, 0.25) is 0 Å². The van der Waals surface area contributed by atoms with Crippen LogP contribution in [0.2, 0.25) is 0 Å². The third kappa shape index (κ3) is 6.19. The van der Waals surface area contributed by atoms with Gasteiger partial charge in [0, 0.05) is 24.8 Å². The predicted molar refractivity (Wildman–Crippen MR) is 132 cm³/mol. The number of aromatic nitrogens is 3. The number of nitrogens with zero attached hydrogens (tertiary/aromatic N) is 4. The van der Waals surface area contributed by atoms with E-state index in [1.807, 2.05) is 20.8 Å². The Morgan fingerprint density at radius 3 is 2.59 bits per heavy atom. The standard InChI is InChI=1S/C25H28F2N6O4/c1-4-36-24(35)15(3)16-7-9-33(10-8-16)21-14(2)11-18(13-28-21)29-22(34)23-31-32-25(37-23)30-17-5-6-19(26)20(27)12-17/h5-6,11-13,15-16H,4,7-10H2,1-3H3,(H,29,34)(H,30,32). The van der Waals surface area contributed by atoms with Crippen molar-refractivity contribution in [2.75, 3.05) is 35.2 Å². The lowest BCUT2D eigenvalue weighted by atomic mass is 9.85. The van der Waals surface area contributed by atoms with Crippen LogP contribution in [0.1, 0.15) is 42.9 Å². The highest BCUT2D eigenvalue weighted by molar-refractivity contribution is 6.01. The summed E-state index contributed by atoms with van der Waals surface area (Å²) in [4.78, 5) is 31.3. The van der Waals surface area contributed by atoms with E-state index in [4.69, 9.17) is 9.15 Å². The second-order valence-electron chi connectivity index (χ2n) is 8.85. The van der Waals surface area contributed by atoms with Gasteiger partial charge in [-0.3, -0.25) is 9.59 Å². The predicted octanol–water partition coefficient (Wildman–Crippen LogP) is 4.46. The fourth-order valence-corrected chi connectivity index (χ4v) is 4.29. The first-order valence-electron chi connectivity index (χ1n) is 12.0. The van der Waals surface area contributed by atoms with Gasteiger partial charge in [-0.15, -0.1) is 5.10 Å². The van der Waals surface area contributed by atoms with Crippen molar-refractivity contribution in [3.63, 3.8) is 0 Å². The molecule has 196 valence electrons. The first-order valence-corrected chi connectivity index (χ1v) is 12.0. The number of anilines is 4. The van der Waals surface area contributed by atoms with E-state index in [1.54, 1.807) is 12.3 Å². The molecule has 37 heavy (non-hydrogen) atoms. The summed E-state index contributed by atoms with van der Waals surface area (Å²) in [5.74, 6) is -2.18. The number of halogens is 2. The van der Waals surface area contributed by atoms with E-state index < -0.39 is 17.5 Å². The molecule has 0 saturated carbocycles. The molecule has 2 N–H and O–H groups in total. The van der Waals surface area contributed by atoms with Crippen molar-refractivity contribution in [1.29, 1.82) is 0 Å². The number of hydrogen-bond acceptors (Lipinski definition) is 9. The van der Waals surface area contributed by atoms with Crippen LogP contribution in [-0.2, 0) is 9.53 Å². The summed E-state index contributed by atoms with van der Waals surface area (Å²) in [6, 6.07) is 4.82. The minimum Gasteiger partial charge on any atom is -0.466 e. The highest BCUT2D eigenvalue weighted by Gasteiger charge is 2.30. The monoisotopic (exact) mass is 514 g/mol. The molecule has 1 unspecified atom stereocenters. The molecule has 1 aliphatic heterocycles. The number of hydrogen-bond donors (Lipinski definition) is 2. The molecule has 4 rings (SSSR count). The Balaban J connectivity index is 1.34. The fourth-order valence-electron chi connectivity index (χ4n) is 4.29. The van der Waals surface area contributed by atoms with Crippen LogP contribution in [0, 0.1) is 30.4 Å². The maximum atomic E-state index is 13.4. The molecule has 3 heterocycles. The molecular weight excluding hydrogens is 486 g/mol. The van der Waals surface area contributed by atoms with Gasteiger partial charge in [-0.2, -0.15) is 0 Å². The van der Waals surface area contributed by atoms with E-state index in [2.05, 4.69) is 30.7 Å². The Bertz CT molecular complexity index is 1280. The van der Waals surface area contributed by atoms with Crippen LogP contribution in [0.25, 0.3) is 0 Å². The lowest BCUT2D eigenvalue weighted by Crippen LogP contribution is -2.38. The van der Waals surface area contributed by atoms with Crippen LogP contribution in [-0.4, -0.2) is 46.8 Å². The van der Waals surface area contributed by atoms with Crippen molar-refractivity contribution >= 4 is 35.1 Å². The van der Waals surface area contributed by atoms with Crippen LogP contribution in [0.15, 0.2) is 34.9 Å². The van der Waals surface area contributed by atoms with Gasteiger partial charge in [-0.1, -0.05) is 12.0 Å². The topological polar surface area (TPSA) is 122 Å². The number of carbonyl (C=O) groups is 2. The molecule has 1 saturated heterocycles. The van der Waals surface area contributed by atoms with Crippen LogP contribution in [0.4, 0.5) is 32.0 Å². The van der Waals surface area contributed by atoms with E-state index in [-0.39, 0.29) is 35.4 Å². The molecule has 1 amide bonds. The fraction of sp³-hybridized carbons (Fsp3) is 0.400. The van der Waals surface area contributed by atoms with E-state index in [1.165, 1.54) is 6.07 Å². The van der Waals surface area contributed by atoms with Gasteiger partial charge in [0.05, 0.1) is 24.4 Å². The van der Waals surface area contributed by atoms with Gasteiger partial charge in [-0.25, -0.2) is 13.8 Å². The number of carbonyl (C=O) groups excluding carboxylic acids is 2. The number of rotatable bonds is 8. The zero-order chi connectivity index (χ0) is 26.5. The molecule has 2 aromatic heterocycles. The minimum atomic E-state index is -1.04. The molecule has 1 aliphatic rings. The molecule has 0 spiro atoms. The van der Waals surface area contributed by atoms with Crippen molar-refractivity contribution in [3.05, 3.63) is 53.6 Å². The second-order valence-corrected chi connectivity index (χ2v) is 8.85. The van der Waals surface area contributed by atoms with Crippen LogP contribution in [0.3, 0.4) is 0 Å². The average molecular weight is 515 g/mol. The number of aryl methyl sites for hydroxylation is 1. The third-order valence-electron chi connectivity index (χ3n) is 6.30. The second kappa shape index (κ2) is 11.3. The highest BCUT2D eigenvalue weighted by atomic mass is 19.2. The normalized spacial score (nSPS) is 14.8. The summed E-state index contributed by atoms with van der Waals surface area (Å²) in [6.07, 6.45) is 3.26. The maximum Gasteiger partial charge on any atom is 0.320 e. The molecule has 10 nitrogen and oxygen atoms in total. The number of ether oxygens (including phenoxy) is 1. The lowest BCUT2D eigenvalue weighted by molar-refractivity contribution is -0.149. The van der Waals surface area contributed by atoms with E-state index in [0.29, 0.717) is 12.3 Å². The molecule has 1 fully saturated rings. The summed E-state index contributed by atoms with van der Waals surface area (Å²) in [7, 11) is 0. The summed E-state index contributed by atoms with van der Waals surface area (Å²) in [6.45, 7) is 7.55. The maximum absolute atomic E-state index is 13.4. The first-order chi connectivity index (χ1) is 17.7. The molecule has 1 aromatic carbocycles. The van der Waals surface area contributed by atoms with Crippen LogP contribution >= 0.6 is 0 Å². The van der Waals surface area contributed by atoms with Gasteiger partial charge in [0.25, 0.3) is 0 Å². The quantitative estimate of drug-likeness (QED) is 0.419. The molecule has 12 heteroatoms. The van der Waals surface area contributed by atoms with Gasteiger partial charge < -0.3 is 24.7 Å². The molecule has 0 bridgehead atoms. The third-order valence-corrected chi connectivity index (χ3v) is 6.30. The summed E-state index contributed by atoms with van der Waals surface area (Å²) >= 11 is 0. The zero-order valence-corrected chi connectivity index (χ0v) is 20.8. The summed E-state index contributed by atoms with van der Waals surface area (Å²) < 4.78 is 36.9. The number of benzene rings is 1. The Kier molecular flexibility index (Phi) is 7.95. The Hall–Kier alpha value is -4.09. The van der Waals surface area contributed by atoms with Gasteiger partial charge in [0.15, 0.2) is 11.6 Å². The van der Waals surface area contributed by atoms with Crippen molar-refractivity contribution in [2.24, 2.45) is 11.8 Å². The molecule has 1 atom stereocenters. The largest absolute Gasteiger partial charge is 0.466 e. The van der Waals surface area contributed by atoms with Crippen molar-refractivity contribution < 1.29 is 27.5 Å². The van der Waals surface area contributed by atoms with Crippen molar-refractivity contribution in [2.45, 2.75) is 33.6 Å². The van der Waals surface area contributed by atoms with Crippen molar-refractivity contribution in [1.82, 2.24) is 15.2 Å². The average Bonchev–Trinajstić information content (AvgIpc) is 3.35. The Labute approximate surface area is 212 Å². The Morgan fingerprint density at radius 2 is 1.92 bits per heavy atom.